The van der Waals surface area contributed by atoms with E-state index in [2.05, 4.69) is 6.07 Å². The van der Waals surface area contributed by atoms with Gasteiger partial charge in [0, 0.05) is 17.3 Å². The van der Waals surface area contributed by atoms with Gasteiger partial charge in [0.1, 0.15) is 0 Å². The molecule has 0 aliphatic carbocycles. The first kappa shape index (κ1) is 20.3. The van der Waals surface area contributed by atoms with Gasteiger partial charge in [-0.1, -0.05) is 23.4 Å². The van der Waals surface area contributed by atoms with Gasteiger partial charge in [0.25, 0.3) is 0 Å². The number of carboxylic acid groups (broad SMARTS) is 1. The van der Waals surface area contributed by atoms with E-state index in [0.29, 0.717) is 21.5 Å². The zero-order chi connectivity index (χ0) is 20.6. The molecule has 0 atom stereocenters. The number of fused-ring (bicyclic) bond motifs is 1. The number of hydrogen-bond acceptors (Lipinski definition) is 5. The Labute approximate surface area is 171 Å². The summed E-state index contributed by atoms with van der Waals surface area (Å²) in [5, 5.41) is 19.5. The molecule has 3 aromatic rings. The molecule has 0 amide bonds. The summed E-state index contributed by atoms with van der Waals surface area (Å²) in [6, 6.07) is 9.88. The second-order valence-corrected chi connectivity index (χ2v) is 9.68. The molecule has 3 rings (SSSR count). The van der Waals surface area contributed by atoms with Crippen LogP contribution in [-0.2, 0) is 21.1 Å². The van der Waals surface area contributed by atoms with E-state index in [9.17, 15) is 18.3 Å². The van der Waals surface area contributed by atoms with Gasteiger partial charge in [0.15, 0.2) is 9.84 Å². The summed E-state index contributed by atoms with van der Waals surface area (Å²) >= 11 is 7.61. The predicted molar refractivity (Wildman–Crippen MR) is 107 cm³/mol. The molecule has 0 spiro atoms. The van der Waals surface area contributed by atoms with Crippen molar-refractivity contribution >= 4 is 44.7 Å². The van der Waals surface area contributed by atoms with Crippen molar-refractivity contribution in [3.05, 3.63) is 58.2 Å². The number of aliphatic carboxylic acids is 1. The second kappa shape index (κ2) is 7.51. The van der Waals surface area contributed by atoms with Gasteiger partial charge in [0.2, 0.25) is 0 Å². The SMILES string of the molecule is Cc1c(CC(=O)O)c2cc(C#N)ccn2c1Sc1ccc(S(C)(=O)=O)cc1Cl. The Morgan fingerprint density at radius 2 is 2.04 bits per heavy atom. The topological polar surface area (TPSA) is 99.6 Å². The van der Waals surface area contributed by atoms with E-state index >= 15 is 0 Å². The fourth-order valence-electron chi connectivity index (χ4n) is 2.88. The molecular weight excluding hydrogens is 420 g/mol. The van der Waals surface area contributed by atoms with Crippen LogP contribution in [0.25, 0.3) is 5.52 Å². The van der Waals surface area contributed by atoms with Crippen LogP contribution >= 0.6 is 23.4 Å². The smallest absolute Gasteiger partial charge is 0.307 e. The lowest BCUT2D eigenvalue weighted by Gasteiger charge is -2.08. The number of sulfone groups is 1. The first-order valence-corrected chi connectivity index (χ1v) is 11.1. The zero-order valence-electron chi connectivity index (χ0n) is 14.9. The van der Waals surface area contributed by atoms with Crippen molar-refractivity contribution in [2.45, 2.75) is 28.2 Å². The summed E-state index contributed by atoms with van der Waals surface area (Å²) in [6.45, 7) is 1.82. The van der Waals surface area contributed by atoms with Gasteiger partial charge in [-0.05, 0) is 48.4 Å². The van der Waals surface area contributed by atoms with Crippen LogP contribution in [0.3, 0.4) is 0 Å². The Kier molecular flexibility index (Phi) is 5.44. The summed E-state index contributed by atoms with van der Waals surface area (Å²) < 4.78 is 25.2. The first-order chi connectivity index (χ1) is 13.1. The third-order valence-corrected chi connectivity index (χ3v) is 7.06. The molecule has 2 heterocycles. The Morgan fingerprint density at radius 3 is 2.61 bits per heavy atom. The molecule has 0 bridgehead atoms. The van der Waals surface area contributed by atoms with Crippen molar-refractivity contribution < 1.29 is 18.3 Å². The predicted octanol–water partition coefficient (Wildman–Crippen LogP) is 3.95. The van der Waals surface area contributed by atoms with Crippen LogP contribution in [0, 0.1) is 18.3 Å². The highest BCUT2D eigenvalue weighted by Gasteiger charge is 2.20. The summed E-state index contributed by atoms with van der Waals surface area (Å²) in [7, 11) is -3.37. The summed E-state index contributed by atoms with van der Waals surface area (Å²) in [4.78, 5) is 12.1. The van der Waals surface area contributed by atoms with E-state index in [1.54, 1.807) is 24.4 Å². The van der Waals surface area contributed by atoms with Gasteiger partial charge >= 0.3 is 5.97 Å². The number of pyridine rings is 1. The maximum atomic E-state index is 11.7. The van der Waals surface area contributed by atoms with Crippen LogP contribution in [-0.4, -0.2) is 30.2 Å². The Hall–Kier alpha value is -2.47. The number of nitrogens with zero attached hydrogens (tertiary/aromatic N) is 2. The van der Waals surface area contributed by atoms with Gasteiger partial charge in [-0.25, -0.2) is 8.42 Å². The minimum Gasteiger partial charge on any atom is -0.481 e. The molecule has 28 heavy (non-hydrogen) atoms. The molecule has 0 unspecified atom stereocenters. The van der Waals surface area contributed by atoms with Crippen molar-refractivity contribution in [3.8, 4) is 6.07 Å². The fraction of sp³-hybridized carbons (Fsp3) is 0.158. The first-order valence-electron chi connectivity index (χ1n) is 8.04. The van der Waals surface area contributed by atoms with E-state index < -0.39 is 15.8 Å². The molecule has 0 saturated heterocycles. The lowest BCUT2D eigenvalue weighted by atomic mass is 10.1. The van der Waals surface area contributed by atoms with Crippen molar-refractivity contribution in [1.29, 1.82) is 5.26 Å². The molecule has 0 fully saturated rings. The third-order valence-electron chi connectivity index (χ3n) is 4.25. The van der Waals surface area contributed by atoms with Gasteiger partial charge in [-0.2, -0.15) is 5.26 Å². The quantitative estimate of drug-likeness (QED) is 0.652. The van der Waals surface area contributed by atoms with Crippen LogP contribution in [0.2, 0.25) is 5.02 Å². The van der Waals surface area contributed by atoms with Gasteiger partial charge in [0.05, 0.1) is 38.5 Å². The standard InChI is InChI=1S/C19H15ClN2O4S2/c1-11-14(9-18(23)24)16-7-12(10-21)5-6-22(16)19(11)27-17-4-3-13(8-15(17)20)28(2,25)26/h3-8H,9H2,1-2H3,(H,23,24). The average Bonchev–Trinajstić information content (AvgIpc) is 2.87. The molecule has 144 valence electrons. The number of aromatic nitrogens is 1. The van der Waals surface area contributed by atoms with E-state index in [1.165, 1.54) is 23.9 Å². The number of benzene rings is 1. The molecule has 1 N–H and O–H groups in total. The number of nitriles is 1. The highest BCUT2D eigenvalue weighted by atomic mass is 35.5. The molecule has 0 aliphatic rings. The molecule has 9 heteroatoms. The van der Waals surface area contributed by atoms with E-state index in [4.69, 9.17) is 16.9 Å². The van der Waals surface area contributed by atoms with Crippen molar-refractivity contribution in [1.82, 2.24) is 4.40 Å². The number of carbonyl (C=O) groups is 1. The van der Waals surface area contributed by atoms with Gasteiger partial charge in [-0.3, -0.25) is 4.79 Å². The van der Waals surface area contributed by atoms with Crippen LogP contribution in [0.4, 0.5) is 0 Å². The molecule has 0 aliphatic heterocycles. The average molecular weight is 435 g/mol. The highest BCUT2D eigenvalue weighted by molar-refractivity contribution is 7.99. The highest BCUT2D eigenvalue weighted by Crippen LogP contribution is 2.39. The Balaban J connectivity index is 2.15. The Morgan fingerprint density at radius 1 is 1.32 bits per heavy atom. The van der Waals surface area contributed by atoms with Crippen LogP contribution in [0.5, 0.6) is 0 Å². The summed E-state index contributed by atoms with van der Waals surface area (Å²) in [6.07, 6.45) is 2.65. The minimum absolute atomic E-state index is 0.129. The largest absolute Gasteiger partial charge is 0.481 e. The van der Waals surface area contributed by atoms with Crippen LogP contribution < -0.4 is 0 Å². The van der Waals surface area contributed by atoms with E-state index in [1.807, 2.05) is 11.3 Å². The van der Waals surface area contributed by atoms with Gasteiger partial charge in [-0.15, -0.1) is 0 Å². The molecule has 0 saturated carbocycles. The summed E-state index contributed by atoms with van der Waals surface area (Å²) in [5.41, 5.74) is 2.47. The lowest BCUT2D eigenvalue weighted by molar-refractivity contribution is -0.136. The van der Waals surface area contributed by atoms with E-state index in [-0.39, 0.29) is 16.3 Å². The molecule has 1 aromatic carbocycles. The minimum atomic E-state index is -3.37. The second-order valence-electron chi connectivity index (χ2n) is 6.23. The number of halogens is 1. The van der Waals surface area contributed by atoms with E-state index in [0.717, 1.165) is 16.8 Å². The molecular formula is C19H15ClN2O4S2. The van der Waals surface area contributed by atoms with Crippen molar-refractivity contribution in [2.24, 2.45) is 0 Å². The zero-order valence-corrected chi connectivity index (χ0v) is 17.3. The fourth-order valence-corrected chi connectivity index (χ4v) is 4.92. The molecule has 0 radical (unpaired) electrons. The number of hydrogen-bond donors (Lipinski definition) is 1. The maximum Gasteiger partial charge on any atom is 0.307 e. The Bertz CT molecular complexity index is 1260. The van der Waals surface area contributed by atoms with Gasteiger partial charge < -0.3 is 9.51 Å². The van der Waals surface area contributed by atoms with Crippen molar-refractivity contribution in [2.75, 3.05) is 6.26 Å². The molecule has 2 aromatic heterocycles. The summed E-state index contributed by atoms with van der Waals surface area (Å²) in [5.74, 6) is -0.968. The molecule has 6 nitrogen and oxygen atoms in total. The van der Waals surface area contributed by atoms with Crippen LogP contribution in [0.1, 0.15) is 16.7 Å². The monoisotopic (exact) mass is 434 g/mol. The number of carboxylic acids is 1. The number of rotatable bonds is 5. The maximum absolute atomic E-state index is 11.7. The van der Waals surface area contributed by atoms with Crippen LogP contribution in [0.15, 0.2) is 51.3 Å². The third kappa shape index (κ3) is 3.87. The normalized spacial score (nSPS) is 11.5. The van der Waals surface area contributed by atoms with Crippen molar-refractivity contribution in [3.63, 3.8) is 0 Å². The lowest BCUT2D eigenvalue weighted by Crippen LogP contribution is -2.01.